The van der Waals surface area contributed by atoms with Crippen molar-refractivity contribution in [2.45, 2.75) is 45.3 Å². The Morgan fingerprint density at radius 1 is 1.37 bits per heavy atom. The molecule has 0 saturated carbocycles. The third kappa shape index (κ3) is 3.48. The summed E-state index contributed by atoms with van der Waals surface area (Å²) >= 11 is 0. The smallest absolute Gasteiger partial charge is 0.137 e. The van der Waals surface area contributed by atoms with E-state index >= 15 is 0 Å². The highest BCUT2D eigenvalue weighted by molar-refractivity contribution is 5.36. The first-order chi connectivity index (χ1) is 9.11. The molecule has 2 unspecified atom stereocenters. The van der Waals surface area contributed by atoms with Crippen LogP contribution in [0.5, 0.6) is 5.75 Å². The Kier molecular flexibility index (Phi) is 4.83. The van der Waals surface area contributed by atoms with Crippen LogP contribution in [-0.2, 0) is 4.74 Å². The van der Waals surface area contributed by atoms with E-state index in [0.717, 1.165) is 18.8 Å². The van der Waals surface area contributed by atoms with Gasteiger partial charge in [-0.2, -0.15) is 0 Å². The highest BCUT2D eigenvalue weighted by atomic mass is 16.5. The summed E-state index contributed by atoms with van der Waals surface area (Å²) in [7, 11) is 1.99. The summed E-state index contributed by atoms with van der Waals surface area (Å²) in [5.74, 6) is 1.50. The van der Waals surface area contributed by atoms with Gasteiger partial charge < -0.3 is 14.8 Å². The van der Waals surface area contributed by atoms with Crippen molar-refractivity contribution in [1.82, 2.24) is 5.32 Å². The first-order valence-corrected chi connectivity index (χ1v) is 7.14. The van der Waals surface area contributed by atoms with Crippen molar-refractivity contribution in [2.24, 2.45) is 0 Å². The maximum absolute atomic E-state index is 6.09. The Bertz CT molecular complexity index is 417. The van der Waals surface area contributed by atoms with Gasteiger partial charge in [0.25, 0.3) is 0 Å². The van der Waals surface area contributed by atoms with Crippen LogP contribution in [0.25, 0.3) is 0 Å². The van der Waals surface area contributed by atoms with Gasteiger partial charge in [0.15, 0.2) is 0 Å². The van der Waals surface area contributed by atoms with E-state index in [2.05, 4.69) is 44.3 Å². The van der Waals surface area contributed by atoms with E-state index in [0.29, 0.717) is 18.6 Å². The average molecular weight is 263 g/mol. The first-order valence-electron chi connectivity index (χ1n) is 7.14. The summed E-state index contributed by atoms with van der Waals surface area (Å²) in [5.41, 5.74) is 2.68. The topological polar surface area (TPSA) is 30.5 Å². The van der Waals surface area contributed by atoms with E-state index in [-0.39, 0.29) is 6.10 Å². The molecule has 19 heavy (non-hydrogen) atoms. The lowest BCUT2D eigenvalue weighted by molar-refractivity contribution is -0.0129. The minimum Gasteiger partial charge on any atom is -0.486 e. The summed E-state index contributed by atoms with van der Waals surface area (Å²) in [6.07, 6.45) is 1.10. The quantitative estimate of drug-likeness (QED) is 0.906. The number of hydrogen-bond acceptors (Lipinski definition) is 3. The lowest BCUT2D eigenvalue weighted by Gasteiger charge is -2.31. The molecule has 0 bridgehead atoms. The average Bonchev–Trinajstić information content (AvgIpc) is 2.39. The third-order valence-corrected chi connectivity index (χ3v) is 3.83. The fraction of sp³-hybridized carbons (Fsp3) is 0.625. The van der Waals surface area contributed by atoms with Crippen LogP contribution < -0.4 is 10.1 Å². The number of nitrogens with one attached hydrogen (secondary N) is 1. The molecule has 1 aliphatic rings. The molecule has 2 rings (SSSR count). The zero-order valence-corrected chi connectivity index (χ0v) is 12.4. The highest BCUT2D eigenvalue weighted by Crippen LogP contribution is 2.25. The molecule has 0 aliphatic carbocycles. The molecular formula is C16H25NO2. The van der Waals surface area contributed by atoms with E-state index in [1.807, 2.05) is 7.05 Å². The summed E-state index contributed by atoms with van der Waals surface area (Å²) < 4.78 is 11.6. The zero-order valence-electron chi connectivity index (χ0n) is 12.4. The van der Waals surface area contributed by atoms with E-state index in [4.69, 9.17) is 9.47 Å². The van der Waals surface area contributed by atoms with Crippen molar-refractivity contribution >= 4 is 0 Å². The van der Waals surface area contributed by atoms with E-state index in [9.17, 15) is 0 Å². The second-order valence-corrected chi connectivity index (χ2v) is 5.59. The fourth-order valence-electron chi connectivity index (χ4n) is 2.70. The van der Waals surface area contributed by atoms with E-state index in [1.165, 1.54) is 11.1 Å². The van der Waals surface area contributed by atoms with Gasteiger partial charge in [-0.15, -0.1) is 0 Å². The number of rotatable bonds is 4. The van der Waals surface area contributed by atoms with Crippen LogP contribution in [0.3, 0.4) is 0 Å². The van der Waals surface area contributed by atoms with Crippen LogP contribution in [0.1, 0.15) is 37.3 Å². The van der Waals surface area contributed by atoms with Crippen LogP contribution in [0, 0.1) is 6.92 Å². The molecular weight excluding hydrogens is 238 g/mol. The predicted octanol–water partition coefficient (Wildman–Crippen LogP) is 2.87. The lowest BCUT2D eigenvalue weighted by Crippen LogP contribution is -2.48. The predicted molar refractivity (Wildman–Crippen MR) is 78.0 cm³/mol. The molecule has 1 aliphatic heterocycles. The monoisotopic (exact) mass is 263 g/mol. The van der Waals surface area contributed by atoms with Gasteiger partial charge in [0.05, 0.1) is 6.61 Å². The van der Waals surface area contributed by atoms with Gasteiger partial charge in [-0.1, -0.05) is 19.9 Å². The number of benzene rings is 1. The standard InChI is InChI=1S/C16H25NO2/c1-11(2)14-6-5-13(9-12(14)3)19-16-10-18-8-7-15(16)17-4/h5-6,9,11,15-17H,7-8,10H2,1-4H3. The number of hydrogen-bond donors (Lipinski definition) is 1. The Morgan fingerprint density at radius 2 is 2.16 bits per heavy atom. The van der Waals surface area contributed by atoms with Crippen molar-refractivity contribution in [1.29, 1.82) is 0 Å². The van der Waals surface area contributed by atoms with Crippen molar-refractivity contribution in [3.8, 4) is 5.75 Å². The molecule has 1 heterocycles. The van der Waals surface area contributed by atoms with Crippen LogP contribution in [-0.4, -0.2) is 32.4 Å². The Balaban J connectivity index is 2.08. The minimum atomic E-state index is 0.100. The van der Waals surface area contributed by atoms with Crippen LogP contribution in [0.2, 0.25) is 0 Å². The fourth-order valence-corrected chi connectivity index (χ4v) is 2.70. The molecule has 0 spiro atoms. The van der Waals surface area contributed by atoms with Crippen molar-refractivity contribution < 1.29 is 9.47 Å². The molecule has 1 aromatic carbocycles. The Morgan fingerprint density at radius 3 is 2.79 bits per heavy atom. The Hall–Kier alpha value is -1.06. The van der Waals surface area contributed by atoms with Crippen molar-refractivity contribution in [3.63, 3.8) is 0 Å². The number of ether oxygens (including phenoxy) is 2. The maximum atomic E-state index is 6.09. The van der Waals surface area contributed by atoms with Gasteiger partial charge >= 0.3 is 0 Å². The molecule has 1 saturated heterocycles. The maximum Gasteiger partial charge on any atom is 0.137 e. The second-order valence-electron chi connectivity index (χ2n) is 5.59. The molecule has 0 aromatic heterocycles. The normalized spacial score (nSPS) is 23.6. The largest absolute Gasteiger partial charge is 0.486 e. The summed E-state index contributed by atoms with van der Waals surface area (Å²) in [6.45, 7) is 8.06. The van der Waals surface area contributed by atoms with E-state index in [1.54, 1.807) is 0 Å². The second kappa shape index (κ2) is 6.40. The minimum absolute atomic E-state index is 0.100. The van der Waals surface area contributed by atoms with Crippen molar-refractivity contribution in [3.05, 3.63) is 29.3 Å². The number of likely N-dealkylation sites (N-methyl/N-ethyl adjacent to an activating group) is 1. The molecule has 1 aromatic rings. The van der Waals surface area contributed by atoms with Gasteiger partial charge in [0.2, 0.25) is 0 Å². The van der Waals surface area contributed by atoms with Crippen LogP contribution in [0.4, 0.5) is 0 Å². The van der Waals surface area contributed by atoms with E-state index < -0.39 is 0 Å². The molecule has 3 heteroatoms. The SMILES string of the molecule is CNC1CCOCC1Oc1ccc(C(C)C)c(C)c1. The molecule has 3 nitrogen and oxygen atoms in total. The van der Waals surface area contributed by atoms with Gasteiger partial charge in [-0.05, 0) is 49.6 Å². The Labute approximate surface area is 116 Å². The summed E-state index contributed by atoms with van der Waals surface area (Å²) in [5, 5.41) is 3.31. The third-order valence-electron chi connectivity index (χ3n) is 3.83. The van der Waals surface area contributed by atoms with Crippen molar-refractivity contribution in [2.75, 3.05) is 20.3 Å². The molecule has 1 fully saturated rings. The van der Waals surface area contributed by atoms with Crippen LogP contribution >= 0.6 is 0 Å². The van der Waals surface area contributed by atoms with Crippen LogP contribution in [0.15, 0.2) is 18.2 Å². The first kappa shape index (κ1) is 14.4. The lowest BCUT2D eigenvalue weighted by atomic mass is 9.98. The molecule has 2 atom stereocenters. The summed E-state index contributed by atoms with van der Waals surface area (Å²) in [6, 6.07) is 6.76. The highest BCUT2D eigenvalue weighted by Gasteiger charge is 2.26. The van der Waals surface area contributed by atoms with Gasteiger partial charge in [0.1, 0.15) is 11.9 Å². The molecule has 106 valence electrons. The molecule has 1 N–H and O–H groups in total. The van der Waals surface area contributed by atoms with Gasteiger partial charge in [0, 0.05) is 12.6 Å². The molecule has 0 radical (unpaired) electrons. The van der Waals surface area contributed by atoms with Gasteiger partial charge in [-0.3, -0.25) is 0 Å². The summed E-state index contributed by atoms with van der Waals surface area (Å²) in [4.78, 5) is 0. The number of aryl methyl sites for hydroxylation is 1. The van der Waals surface area contributed by atoms with Gasteiger partial charge in [-0.25, -0.2) is 0 Å². The zero-order chi connectivity index (χ0) is 13.8. The molecule has 0 amide bonds.